The molecule has 0 aliphatic heterocycles. The molecule has 0 saturated carbocycles. The molecule has 1 aromatic rings. The maximum absolute atomic E-state index is 11.4. The van der Waals surface area contributed by atoms with Crippen LogP contribution in [0.25, 0.3) is 0 Å². The lowest BCUT2D eigenvalue weighted by molar-refractivity contribution is -0.129. The minimum absolute atomic E-state index is 0.0314. The number of rotatable bonds is 6. The second-order valence-electron chi connectivity index (χ2n) is 4.08. The van der Waals surface area contributed by atoms with Gasteiger partial charge in [0.05, 0.1) is 20.1 Å². The highest BCUT2D eigenvalue weighted by molar-refractivity contribution is 5.75. The summed E-state index contributed by atoms with van der Waals surface area (Å²) in [7, 11) is 5.02. The highest BCUT2D eigenvalue weighted by Gasteiger charge is 2.08. The highest BCUT2D eigenvalue weighted by Crippen LogP contribution is 2.28. The van der Waals surface area contributed by atoms with Crippen molar-refractivity contribution in [1.82, 2.24) is 4.90 Å². The van der Waals surface area contributed by atoms with Gasteiger partial charge in [-0.3, -0.25) is 4.79 Å². The summed E-state index contributed by atoms with van der Waals surface area (Å²) in [5, 5.41) is 0. The predicted molar refractivity (Wildman–Crippen MR) is 69.7 cm³/mol. The highest BCUT2D eigenvalue weighted by atomic mass is 16.5. The lowest BCUT2D eigenvalue weighted by Gasteiger charge is -2.13. The van der Waals surface area contributed by atoms with Crippen LogP contribution in [0.15, 0.2) is 18.2 Å². The van der Waals surface area contributed by atoms with Crippen LogP contribution >= 0.6 is 0 Å². The molecule has 0 aliphatic carbocycles. The third-order valence-electron chi connectivity index (χ3n) is 2.54. The molecule has 0 saturated heterocycles. The van der Waals surface area contributed by atoms with Gasteiger partial charge in [0, 0.05) is 20.6 Å². The molecule has 1 rings (SSSR count). The molecule has 0 atom stereocenters. The Morgan fingerprint density at radius 3 is 2.61 bits per heavy atom. The first-order valence-corrected chi connectivity index (χ1v) is 5.78. The van der Waals surface area contributed by atoms with Crippen LogP contribution in [0, 0.1) is 0 Å². The van der Waals surface area contributed by atoms with Crippen LogP contribution < -0.4 is 15.2 Å². The molecule has 18 heavy (non-hydrogen) atoms. The van der Waals surface area contributed by atoms with Crippen LogP contribution in [0.1, 0.15) is 12.0 Å². The van der Waals surface area contributed by atoms with Crippen LogP contribution in [-0.2, 0) is 11.3 Å². The Morgan fingerprint density at radius 1 is 1.33 bits per heavy atom. The van der Waals surface area contributed by atoms with Gasteiger partial charge < -0.3 is 20.1 Å². The number of nitrogens with zero attached hydrogens (tertiary/aromatic N) is 1. The average Bonchev–Trinajstić information content (AvgIpc) is 2.38. The molecule has 0 fully saturated rings. The third kappa shape index (κ3) is 3.92. The Hall–Kier alpha value is -1.75. The molecule has 5 nitrogen and oxygen atoms in total. The van der Waals surface area contributed by atoms with Gasteiger partial charge in [-0.15, -0.1) is 0 Å². The van der Waals surface area contributed by atoms with E-state index in [9.17, 15) is 4.79 Å². The van der Waals surface area contributed by atoms with E-state index in [1.54, 1.807) is 21.2 Å². The van der Waals surface area contributed by atoms with Crippen molar-refractivity contribution in [2.75, 3.05) is 27.8 Å². The predicted octanol–water partition coefficient (Wildman–Crippen LogP) is 1.01. The monoisotopic (exact) mass is 252 g/mol. The van der Waals surface area contributed by atoms with Gasteiger partial charge in [-0.1, -0.05) is 6.07 Å². The van der Waals surface area contributed by atoms with Gasteiger partial charge in [0.25, 0.3) is 0 Å². The van der Waals surface area contributed by atoms with E-state index in [0.29, 0.717) is 31.1 Å². The van der Waals surface area contributed by atoms with Crippen molar-refractivity contribution in [2.24, 2.45) is 5.73 Å². The van der Waals surface area contributed by atoms with Gasteiger partial charge in [-0.25, -0.2) is 0 Å². The molecular formula is C13H20N2O3. The summed E-state index contributed by atoms with van der Waals surface area (Å²) in [4.78, 5) is 12.9. The first kappa shape index (κ1) is 14.3. The van der Waals surface area contributed by atoms with E-state index < -0.39 is 0 Å². The van der Waals surface area contributed by atoms with Gasteiger partial charge >= 0.3 is 0 Å². The van der Waals surface area contributed by atoms with Crippen molar-refractivity contribution >= 4 is 5.91 Å². The van der Waals surface area contributed by atoms with E-state index in [1.165, 1.54) is 4.90 Å². The number of amides is 1. The number of carbonyl (C=O) groups excluding carboxylic acids is 1. The molecular weight excluding hydrogens is 232 g/mol. The lowest BCUT2D eigenvalue weighted by atomic mass is 10.2. The van der Waals surface area contributed by atoms with E-state index in [2.05, 4.69) is 0 Å². The van der Waals surface area contributed by atoms with Crippen LogP contribution in [0.4, 0.5) is 0 Å². The smallest absolute Gasteiger partial charge is 0.225 e. The summed E-state index contributed by atoms with van der Waals surface area (Å²) in [5.74, 6) is 1.29. The van der Waals surface area contributed by atoms with E-state index in [-0.39, 0.29) is 5.91 Å². The maximum atomic E-state index is 11.4. The normalized spacial score (nSPS) is 10.0. The number of hydrogen-bond acceptors (Lipinski definition) is 4. The van der Waals surface area contributed by atoms with E-state index in [1.807, 2.05) is 18.2 Å². The van der Waals surface area contributed by atoms with Gasteiger partial charge in [0.15, 0.2) is 11.5 Å². The Labute approximate surface area is 107 Å². The van der Waals surface area contributed by atoms with Crippen molar-refractivity contribution in [3.05, 3.63) is 23.8 Å². The lowest BCUT2D eigenvalue weighted by Crippen LogP contribution is -2.23. The first-order valence-electron chi connectivity index (χ1n) is 5.78. The second kappa shape index (κ2) is 6.86. The molecule has 1 aromatic carbocycles. The third-order valence-corrected chi connectivity index (χ3v) is 2.54. The topological polar surface area (TPSA) is 64.8 Å². The van der Waals surface area contributed by atoms with Crippen LogP contribution in [-0.4, -0.2) is 38.6 Å². The summed E-state index contributed by atoms with van der Waals surface area (Å²) < 4.78 is 10.8. The van der Waals surface area contributed by atoms with Crippen molar-refractivity contribution in [3.63, 3.8) is 0 Å². The molecule has 0 aromatic heterocycles. The fourth-order valence-electron chi connectivity index (χ4n) is 1.43. The zero-order valence-corrected chi connectivity index (χ0v) is 11.1. The molecule has 0 radical (unpaired) electrons. The molecule has 0 bridgehead atoms. The second-order valence-corrected chi connectivity index (χ2v) is 4.08. The number of methoxy groups -OCH3 is 1. The standard InChI is InChI=1S/C13H20N2O3/c1-15(2)13(16)6-7-18-12-8-10(9-14)4-5-11(12)17-3/h4-5,8H,6-7,9,14H2,1-3H3. The summed E-state index contributed by atoms with van der Waals surface area (Å²) in [6.07, 6.45) is 0.336. The molecule has 0 spiro atoms. The SMILES string of the molecule is COc1ccc(CN)cc1OCCC(=O)N(C)C. The summed E-state index contributed by atoms with van der Waals surface area (Å²) in [6, 6.07) is 5.53. The molecule has 0 heterocycles. The Morgan fingerprint density at radius 2 is 2.06 bits per heavy atom. The fraction of sp³-hybridized carbons (Fsp3) is 0.462. The Bertz CT molecular complexity index is 405. The molecule has 100 valence electrons. The van der Waals surface area contributed by atoms with E-state index in [0.717, 1.165) is 5.56 Å². The number of carbonyl (C=O) groups is 1. The molecule has 2 N–H and O–H groups in total. The van der Waals surface area contributed by atoms with E-state index >= 15 is 0 Å². The number of benzene rings is 1. The van der Waals surface area contributed by atoms with Gasteiger partial charge in [-0.2, -0.15) is 0 Å². The maximum Gasteiger partial charge on any atom is 0.225 e. The Balaban J connectivity index is 2.62. The molecule has 1 amide bonds. The van der Waals surface area contributed by atoms with Crippen molar-refractivity contribution in [3.8, 4) is 11.5 Å². The summed E-state index contributed by atoms with van der Waals surface area (Å²) in [6.45, 7) is 0.762. The average molecular weight is 252 g/mol. The number of hydrogen-bond donors (Lipinski definition) is 1. The van der Waals surface area contributed by atoms with Crippen molar-refractivity contribution < 1.29 is 14.3 Å². The fourth-order valence-corrected chi connectivity index (χ4v) is 1.43. The quantitative estimate of drug-likeness (QED) is 0.820. The zero-order valence-electron chi connectivity index (χ0n) is 11.1. The van der Waals surface area contributed by atoms with Gasteiger partial charge in [-0.05, 0) is 17.7 Å². The van der Waals surface area contributed by atoms with Crippen LogP contribution in [0.2, 0.25) is 0 Å². The molecule has 0 aliphatic rings. The minimum atomic E-state index is 0.0314. The summed E-state index contributed by atoms with van der Waals surface area (Å²) in [5.41, 5.74) is 6.53. The number of ether oxygens (including phenoxy) is 2. The van der Waals surface area contributed by atoms with Gasteiger partial charge in [0.2, 0.25) is 5.91 Å². The summed E-state index contributed by atoms with van der Waals surface area (Å²) >= 11 is 0. The van der Waals surface area contributed by atoms with Crippen molar-refractivity contribution in [1.29, 1.82) is 0 Å². The van der Waals surface area contributed by atoms with Gasteiger partial charge in [0.1, 0.15) is 0 Å². The van der Waals surface area contributed by atoms with E-state index in [4.69, 9.17) is 15.2 Å². The van der Waals surface area contributed by atoms with Crippen LogP contribution in [0.3, 0.4) is 0 Å². The van der Waals surface area contributed by atoms with Crippen LogP contribution in [0.5, 0.6) is 11.5 Å². The largest absolute Gasteiger partial charge is 0.493 e. The molecule has 5 heteroatoms. The first-order chi connectivity index (χ1) is 8.58. The molecule has 0 unspecified atom stereocenters. The zero-order chi connectivity index (χ0) is 13.5. The minimum Gasteiger partial charge on any atom is -0.493 e. The Kier molecular flexibility index (Phi) is 5.45. The van der Waals surface area contributed by atoms with Crippen molar-refractivity contribution in [2.45, 2.75) is 13.0 Å². The number of nitrogens with two attached hydrogens (primary N) is 1.